The summed E-state index contributed by atoms with van der Waals surface area (Å²) >= 11 is 0. The predicted octanol–water partition coefficient (Wildman–Crippen LogP) is 3.45. The van der Waals surface area contributed by atoms with Gasteiger partial charge in [-0.2, -0.15) is 0 Å². The van der Waals surface area contributed by atoms with Gasteiger partial charge in [-0.3, -0.25) is 9.59 Å². The molecule has 2 rings (SSSR count). The number of ketones is 1. The molecule has 2 N–H and O–H groups in total. The van der Waals surface area contributed by atoms with Gasteiger partial charge >= 0.3 is 5.97 Å². The minimum absolute atomic E-state index is 0.108. The number of rotatable bonds is 7. The Morgan fingerprint density at radius 2 is 1.72 bits per heavy atom. The molecule has 7 nitrogen and oxygen atoms in total. The third kappa shape index (κ3) is 6.34. The summed E-state index contributed by atoms with van der Waals surface area (Å²) in [6, 6.07) is 11.4. The molecule has 0 fully saturated rings. The number of hydrogen-bond acceptors (Lipinski definition) is 6. The molecule has 0 aromatic heterocycles. The number of para-hydroxylation sites is 1. The highest BCUT2D eigenvalue weighted by molar-refractivity contribution is 6.00. The largest absolute Gasteiger partial charge is 0.506 e. The number of phenols is 1. The zero-order chi connectivity index (χ0) is 21.6. The zero-order valence-corrected chi connectivity index (χ0v) is 16.9. The number of Topliss-reactive ketones (excluding diaryl/α,β-unsaturated/α-hetero) is 1. The lowest BCUT2D eigenvalue weighted by Crippen LogP contribution is -2.21. The van der Waals surface area contributed by atoms with Gasteiger partial charge in [-0.15, -0.1) is 0 Å². The van der Waals surface area contributed by atoms with E-state index in [9.17, 15) is 19.5 Å². The number of phenolic OH excluding ortho intramolecular Hbond substituents is 1. The lowest BCUT2D eigenvalue weighted by atomic mass is 9.86. The first-order chi connectivity index (χ1) is 13.6. The summed E-state index contributed by atoms with van der Waals surface area (Å²) in [5, 5.41) is 12.1. The van der Waals surface area contributed by atoms with Crippen molar-refractivity contribution in [3.8, 4) is 11.5 Å². The lowest BCUT2D eigenvalue weighted by molar-refractivity contribution is -0.144. The van der Waals surface area contributed by atoms with Crippen LogP contribution in [0.5, 0.6) is 11.5 Å². The second-order valence-corrected chi connectivity index (χ2v) is 7.53. The monoisotopic (exact) mass is 399 g/mol. The molecule has 0 unspecified atom stereocenters. The van der Waals surface area contributed by atoms with Crippen molar-refractivity contribution in [1.82, 2.24) is 0 Å². The fourth-order valence-electron chi connectivity index (χ4n) is 2.62. The standard InChI is InChI=1S/C22H25NO6/c1-14(24)23-17-11-15(9-10-18(17)25)19(26)12-29-21(27)13-28-20-8-6-5-7-16(20)22(2,3)4/h5-11,25H,12-13H2,1-4H3,(H,23,24). The van der Waals surface area contributed by atoms with Gasteiger partial charge in [0.05, 0.1) is 5.69 Å². The van der Waals surface area contributed by atoms with E-state index in [0.717, 1.165) is 5.56 Å². The zero-order valence-electron chi connectivity index (χ0n) is 16.9. The number of anilines is 1. The Labute approximate surface area is 169 Å². The Balaban J connectivity index is 1.93. The molecule has 2 aromatic rings. The van der Waals surface area contributed by atoms with E-state index in [2.05, 4.69) is 5.32 Å². The van der Waals surface area contributed by atoms with Crippen LogP contribution in [0.15, 0.2) is 42.5 Å². The van der Waals surface area contributed by atoms with Crippen LogP contribution in [-0.4, -0.2) is 36.0 Å². The molecule has 0 heterocycles. The summed E-state index contributed by atoms with van der Waals surface area (Å²) < 4.78 is 10.6. The fraction of sp³-hybridized carbons (Fsp3) is 0.318. The molecule has 2 aromatic carbocycles. The molecule has 29 heavy (non-hydrogen) atoms. The van der Waals surface area contributed by atoms with E-state index in [0.29, 0.717) is 5.75 Å². The minimum Gasteiger partial charge on any atom is -0.506 e. The molecule has 0 saturated heterocycles. The van der Waals surface area contributed by atoms with Gasteiger partial charge in [-0.1, -0.05) is 39.0 Å². The maximum absolute atomic E-state index is 12.2. The van der Waals surface area contributed by atoms with Gasteiger partial charge in [-0.05, 0) is 35.2 Å². The van der Waals surface area contributed by atoms with Crippen molar-refractivity contribution in [2.75, 3.05) is 18.5 Å². The smallest absolute Gasteiger partial charge is 0.344 e. The number of amides is 1. The molecule has 0 saturated carbocycles. The van der Waals surface area contributed by atoms with Crippen molar-refractivity contribution in [1.29, 1.82) is 0 Å². The third-order valence-corrected chi connectivity index (χ3v) is 4.03. The van der Waals surface area contributed by atoms with E-state index in [4.69, 9.17) is 9.47 Å². The van der Waals surface area contributed by atoms with E-state index < -0.39 is 18.4 Å². The molecule has 154 valence electrons. The van der Waals surface area contributed by atoms with Crippen molar-refractivity contribution >= 4 is 23.3 Å². The molecule has 7 heteroatoms. The first-order valence-corrected chi connectivity index (χ1v) is 9.09. The Hall–Kier alpha value is -3.35. The highest BCUT2D eigenvalue weighted by atomic mass is 16.6. The van der Waals surface area contributed by atoms with Crippen molar-refractivity contribution in [3.05, 3.63) is 53.6 Å². The molecule has 0 atom stereocenters. The number of benzene rings is 2. The van der Waals surface area contributed by atoms with Crippen LogP contribution in [0.2, 0.25) is 0 Å². The first kappa shape index (κ1) is 21.9. The highest BCUT2D eigenvalue weighted by Crippen LogP contribution is 2.31. The second-order valence-electron chi connectivity index (χ2n) is 7.53. The Morgan fingerprint density at radius 1 is 1.03 bits per heavy atom. The van der Waals surface area contributed by atoms with Crippen LogP contribution in [0.3, 0.4) is 0 Å². The van der Waals surface area contributed by atoms with Crippen LogP contribution >= 0.6 is 0 Å². The molecule has 0 radical (unpaired) electrons. The van der Waals surface area contributed by atoms with E-state index in [1.807, 2.05) is 39.0 Å². The van der Waals surface area contributed by atoms with E-state index >= 15 is 0 Å². The predicted molar refractivity (Wildman–Crippen MR) is 108 cm³/mol. The van der Waals surface area contributed by atoms with E-state index in [1.54, 1.807) is 6.07 Å². The lowest BCUT2D eigenvalue weighted by Gasteiger charge is -2.22. The third-order valence-electron chi connectivity index (χ3n) is 4.03. The van der Waals surface area contributed by atoms with Gasteiger partial charge in [-0.25, -0.2) is 4.79 Å². The van der Waals surface area contributed by atoms with Crippen molar-refractivity contribution < 1.29 is 29.0 Å². The number of ether oxygens (including phenoxy) is 2. The van der Waals surface area contributed by atoms with Crippen molar-refractivity contribution in [2.24, 2.45) is 0 Å². The molecule has 0 bridgehead atoms. The maximum atomic E-state index is 12.2. The second kappa shape index (κ2) is 9.23. The first-order valence-electron chi connectivity index (χ1n) is 9.09. The van der Waals surface area contributed by atoms with Crippen LogP contribution in [0.4, 0.5) is 5.69 Å². The van der Waals surface area contributed by atoms with Gasteiger partial charge in [0.1, 0.15) is 11.5 Å². The quantitative estimate of drug-likeness (QED) is 0.420. The Kier molecular flexibility index (Phi) is 6.98. The number of carbonyl (C=O) groups is 3. The van der Waals surface area contributed by atoms with Crippen LogP contribution < -0.4 is 10.1 Å². The summed E-state index contributed by atoms with van der Waals surface area (Å²) in [5.41, 5.74) is 1.11. The average Bonchev–Trinajstić information content (AvgIpc) is 2.65. The molecular weight excluding hydrogens is 374 g/mol. The Morgan fingerprint density at radius 3 is 2.38 bits per heavy atom. The van der Waals surface area contributed by atoms with Gasteiger partial charge in [0.2, 0.25) is 5.91 Å². The number of nitrogens with one attached hydrogen (secondary N) is 1. The van der Waals surface area contributed by atoms with Crippen molar-refractivity contribution in [2.45, 2.75) is 33.1 Å². The van der Waals surface area contributed by atoms with Crippen molar-refractivity contribution in [3.63, 3.8) is 0 Å². The minimum atomic E-state index is -0.678. The van der Waals surface area contributed by atoms with Gasteiger partial charge < -0.3 is 19.9 Å². The van der Waals surface area contributed by atoms with Crippen LogP contribution in [0, 0.1) is 0 Å². The topological polar surface area (TPSA) is 102 Å². The average molecular weight is 399 g/mol. The molecule has 0 spiro atoms. The van der Waals surface area contributed by atoms with Gasteiger partial charge in [0, 0.05) is 12.5 Å². The van der Waals surface area contributed by atoms with Gasteiger partial charge in [0.15, 0.2) is 19.0 Å². The molecule has 0 aliphatic carbocycles. The number of hydrogen-bond donors (Lipinski definition) is 2. The summed E-state index contributed by atoms with van der Waals surface area (Å²) in [6.45, 7) is 6.60. The SMILES string of the molecule is CC(=O)Nc1cc(C(=O)COC(=O)COc2ccccc2C(C)(C)C)ccc1O. The fourth-order valence-corrected chi connectivity index (χ4v) is 2.62. The molecule has 0 aliphatic rings. The van der Waals surface area contributed by atoms with Gasteiger partial charge in [0.25, 0.3) is 0 Å². The number of esters is 1. The molecule has 1 amide bonds. The molecule has 0 aliphatic heterocycles. The summed E-state index contributed by atoms with van der Waals surface area (Å²) in [4.78, 5) is 35.4. The summed E-state index contributed by atoms with van der Waals surface area (Å²) in [5.74, 6) is -1.12. The van der Waals surface area contributed by atoms with Crippen LogP contribution in [0.1, 0.15) is 43.6 Å². The molecular formula is C22H25NO6. The van der Waals surface area contributed by atoms with E-state index in [-0.39, 0.29) is 34.9 Å². The number of aromatic hydroxyl groups is 1. The van der Waals surface area contributed by atoms with Crippen LogP contribution in [0.25, 0.3) is 0 Å². The van der Waals surface area contributed by atoms with E-state index in [1.165, 1.54) is 25.1 Å². The number of carbonyl (C=O) groups excluding carboxylic acids is 3. The normalized spacial score (nSPS) is 10.9. The highest BCUT2D eigenvalue weighted by Gasteiger charge is 2.19. The summed E-state index contributed by atoms with van der Waals surface area (Å²) in [7, 11) is 0. The Bertz CT molecular complexity index is 914. The van der Waals surface area contributed by atoms with Crippen LogP contribution in [-0.2, 0) is 19.7 Å². The maximum Gasteiger partial charge on any atom is 0.344 e. The summed E-state index contributed by atoms with van der Waals surface area (Å²) in [6.07, 6.45) is 0.